The Morgan fingerprint density at radius 1 is 1.07 bits per heavy atom. The third kappa shape index (κ3) is 4.71. The van der Waals surface area contributed by atoms with Crippen LogP contribution in [0, 0.1) is 13.8 Å². The molecule has 1 atom stereocenters. The van der Waals surface area contributed by atoms with Crippen molar-refractivity contribution in [3.8, 4) is 5.75 Å². The largest absolute Gasteiger partial charge is 0.488 e. The minimum Gasteiger partial charge on any atom is -0.488 e. The second-order valence-corrected chi connectivity index (χ2v) is 7.44. The van der Waals surface area contributed by atoms with E-state index in [0.29, 0.717) is 12.2 Å². The van der Waals surface area contributed by atoms with Crippen LogP contribution in [0.2, 0.25) is 0 Å². The maximum atomic E-state index is 12.6. The van der Waals surface area contributed by atoms with E-state index in [1.807, 2.05) is 61.2 Å². The third-order valence-electron chi connectivity index (χ3n) is 5.08. The number of rotatable bonds is 6. The summed E-state index contributed by atoms with van der Waals surface area (Å²) < 4.78 is 5.98. The summed E-state index contributed by atoms with van der Waals surface area (Å²) >= 11 is 0. The lowest BCUT2D eigenvalue weighted by Gasteiger charge is -2.21. The number of hydrogen-bond acceptors (Lipinski definition) is 3. The Morgan fingerprint density at radius 2 is 1.68 bits per heavy atom. The molecule has 2 aromatic carbocycles. The van der Waals surface area contributed by atoms with Crippen molar-refractivity contribution in [2.75, 3.05) is 13.1 Å². The molecule has 5 heteroatoms. The molecular formula is C23H28N2O3. The molecule has 2 amide bonds. The van der Waals surface area contributed by atoms with Gasteiger partial charge in [-0.2, -0.15) is 0 Å². The lowest BCUT2D eigenvalue weighted by molar-refractivity contribution is -0.131. The summed E-state index contributed by atoms with van der Waals surface area (Å²) in [6, 6.07) is 13.1. The van der Waals surface area contributed by atoms with Gasteiger partial charge in [-0.1, -0.05) is 30.3 Å². The summed E-state index contributed by atoms with van der Waals surface area (Å²) in [5.41, 5.74) is 3.44. The molecule has 1 unspecified atom stereocenters. The van der Waals surface area contributed by atoms with Gasteiger partial charge >= 0.3 is 0 Å². The first-order valence-electron chi connectivity index (χ1n) is 9.83. The monoisotopic (exact) mass is 380 g/mol. The zero-order chi connectivity index (χ0) is 20.1. The van der Waals surface area contributed by atoms with Gasteiger partial charge in [-0.3, -0.25) is 9.59 Å². The number of nitrogens with one attached hydrogen (secondary N) is 1. The maximum Gasteiger partial charge on any atom is 0.251 e. The van der Waals surface area contributed by atoms with Crippen LogP contribution in [0.25, 0.3) is 0 Å². The third-order valence-corrected chi connectivity index (χ3v) is 5.08. The van der Waals surface area contributed by atoms with Crippen molar-refractivity contribution in [3.63, 3.8) is 0 Å². The quantitative estimate of drug-likeness (QED) is 0.833. The molecule has 3 rings (SSSR count). The number of benzene rings is 2. The van der Waals surface area contributed by atoms with E-state index in [9.17, 15) is 9.59 Å². The van der Waals surface area contributed by atoms with Gasteiger partial charge in [0.2, 0.25) is 5.91 Å². The van der Waals surface area contributed by atoms with Crippen LogP contribution in [-0.2, 0) is 11.4 Å². The highest BCUT2D eigenvalue weighted by atomic mass is 16.5. The topological polar surface area (TPSA) is 58.6 Å². The molecule has 2 aromatic rings. The lowest BCUT2D eigenvalue weighted by Crippen LogP contribution is -2.46. The van der Waals surface area contributed by atoms with Gasteiger partial charge in [-0.25, -0.2) is 0 Å². The predicted molar refractivity (Wildman–Crippen MR) is 109 cm³/mol. The molecule has 148 valence electrons. The second-order valence-electron chi connectivity index (χ2n) is 7.44. The van der Waals surface area contributed by atoms with Gasteiger partial charge in [0.1, 0.15) is 18.4 Å². The molecule has 28 heavy (non-hydrogen) atoms. The number of aryl methyl sites for hydroxylation is 2. The van der Waals surface area contributed by atoms with E-state index in [0.717, 1.165) is 48.4 Å². The molecular weight excluding hydrogens is 352 g/mol. The molecule has 1 heterocycles. The van der Waals surface area contributed by atoms with Gasteiger partial charge in [0.25, 0.3) is 5.91 Å². The van der Waals surface area contributed by atoms with Crippen LogP contribution in [-0.4, -0.2) is 35.8 Å². The van der Waals surface area contributed by atoms with Gasteiger partial charge in [-0.05, 0) is 62.4 Å². The molecule has 1 aliphatic rings. The number of carbonyl (C=O) groups is 2. The number of nitrogens with zero attached hydrogens (tertiary/aromatic N) is 1. The standard InChI is InChI=1S/C23H28N2O3/c1-16-13-20(22(26)24-18(3)23(27)25-11-7-8-12-25)14-17(2)21(16)28-15-19-9-5-4-6-10-19/h4-6,9-10,13-14,18H,7-8,11-12,15H2,1-3H3,(H,24,26). The van der Waals surface area contributed by atoms with E-state index >= 15 is 0 Å². The van der Waals surface area contributed by atoms with Gasteiger partial charge in [-0.15, -0.1) is 0 Å². The SMILES string of the molecule is Cc1cc(C(=O)NC(C)C(=O)N2CCCC2)cc(C)c1OCc1ccccc1. The summed E-state index contributed by atoms with van der Waals surface area (Å²) in [4.78, 5) is 26.9. The van der Waals surface area contributed by atoms with Crippen LogP contribution >= 0.6 is 0 Å². The zero-order valence-electron chi connectivity index (χ0n) is 16.8. The van der Waals surface area contributed by atoms with E-state index in [4.69, 9.17) is 4.74 Å². The first kappa shape index (κ1) is 19.9. The lowest BCUT2D eigenvalue weighted by atomic mass is 10.0. The Morgan fingerprint density at radius 3 is 2.29 bits per heavy atom. The summed E-state index contributed by atoms with van der Waals surface area (Å²) in [7, 11) is 0. The smallest absolute Gasteiger partial charge is 0.251 e. The van der Waals surface area contributed by atoms with Crippen molar-refractivity contribution in [2.24, 2.45) is 0 Å². The Kier molecular flexibility index (Phi) is 6.34. The molecule has 1 N–H and O–H groups in total. The molecule has 0 saturated carbocycles. The van der Waals surface area contributed by atoms with Gasteiger partial charge in [0.05, 0.1) is 0 Å². The van der Waals surface area contributed by atoms with Crippen molar-refractivity contribution in [2.45, 2.75) is 46.3 Å². The fourth-order valence-corrected chi connectivity index (χ4v) is 3.59. The number of hydrogen-bond donors (Lipinski definition) is 1. The Balaban J connectivity index is 1.65. The Hall–Kier alpha value is -2.82. The fourth-order valence-electron chi connectivity index (χ4n) is 3.59. The van der Waals surface area contributed by atoms with E-state index < -0.39 is 6.04 Å². The average molecular weight is 380 g/mol. The first-order valence-corrected chi connectivity index (χ1v) is 9.83. The van der Waals surface area contributed by atoms with Crippen molar-refractivity contribution in [1.29, 1.82) is 0 Å². The first-order chi connectivity index (χ1) is 13.5. The predicted octanol–water partition coefficient (Wildman–Crippen LogP) is 3.62. The number of carbonyl (C=O) groups excluding carboxylic acids is 2. The van der Waals surface area contributed by atoms with E-state index in [1.54, 1.807) is 6.92 Å². The van der Waals surface area contributed by atoms with E-state index in [1.165, 1.54) is 0 Å². The van der Waals surface area contributed by atoms with Crippen LogP contribution < -0.4 is 10.1 Å². The number of ether oxygens (including phenoxy) is 1. The van der Waals surface area contributed by atoms with E-state index in [-0.39, 0.29) is 11.8 Å². The molecule has 0 aliphatic carbocycles. The van der Waals surface area contributed by atoms with Gasteiger partial charge < -0.3 is 15.0 Å². The second kappa shape index (κ2) is 8.91. The summed E-state index contributed by atoms with van der Waals surface area (Å²) in [6.45, 7) is 7.66. The zero-order valence-corrected chi connectivity index (χ0v) is 16.8. The van der Waals surface area contributed by atoms with Crippen molar-refractivity contribution < 1.29 is 14.3 Å². The number of amides is 2. The minimum absolute atomic E-state index is 0.0119. The van der Waals surface area contributed by atoms with Crippen molar-refractivity contribution >= 4 is 11.8 Å². The Labute approximate surface area is 166 Å². The summed E-state index contributed by atoms with van der Waals surface area (Å²) in [6.07, 6.45) is 2.07. The van der Waals surface area contributed by atoms with Crippen molar-refractivity contribution in [3.05, 3.63) is 64.7 Å². The maximum absolute atomic E-state index is 12.6. The molecule has 0 spiro atoms. The molecule has 5 nitrogen and oxygen atoms in total. The molecule has 1 saturated heterocycles. The Bertz CT molecular complexity index is 819. The molecule has 0 aromatic heterocycles. The van der Waals surface area contributed by atoms with Crippen LogP contribution in [0.5, 0.6) is 5.75 Å². The molecule has 1 fully saturated rings. The summed E-state index contributed by atoms with van der Waals surface area (Å²) in [5, 5.41) is 2.83. The van der Waals surface area contributed by atoms with Crippen LogP contribution in [0.4, 0.5) is 0 Å². The van der Waals surface area contributed by atoms with Crippen LogP contribution in [0.3, 0.4) is 0 Å². The fraction of sp³-hybridized carbons (Fsp3) is 0.391. The molecule has 1 aliphatic heterocycles. The average Bonchev–Trinajstić information content (AvgIpc) is 3.22. The number of likely N-dealkylation sites (tertiary alicyclic amines) is 1. The van der Waals surface area contributed by atoms with Crippen LogP contribution in [0.15, 0.2) is 42.5 Å². The minimum atomic E-state index is -0.528. The summed E-state index contributed by atoms with van der Waals surface area (Å²) in [5.74, 6) is 0.546. The van der Waals surface area contributed by atoms with Gasteiger partial charge in [0.15, 0.2) is 0 Å². The normalized spacial score (nSPS) is 14.6. The highest BCUT2D eigenvalue weighted by Gasteiger charge is 2.25. The van der Waals surface area contributed by atoms with Gasteiger partial charge in [0, 0.05) is 18.7 Å². The highest BCUT2D eigenvalue weighted by molar-refractivity contribution is 5.98. The van der Waals surface area contributed by atoms with Crippen molar-refractivity contribution in [1.82, 2.24) is 10.2 Å². The molecule has 0 radical (unpaired) electrons. The van der Waals surface area contributed by atoms with Crippen LogP contribution in [0.1, 0.15) is 46.8 Å². The van der Waals surface area contributed by atoms with E-state index in [2.05, 4.69) is 5.32 Å². The highest BCUT2D eigenvalue weighted by Crippen LogP contribution is 2.26. The molecule has 0 bridgehead atoms.